The number of H-pyrrole nitrogens is 1. The average Bonchev–Trinajstić information content (AvgIpc) is 2.77. The summed E-state index contributed by atoms with van der Waals surface area (Å²) in [5, 5.41) is 10.6. The van der Waals surface area contributed by atoms with Crippen molar-refractivity contribution in [3.8, 4) is 0 Å². The van der Waals surface area contributed by atoms with Crippen LogP contribution in [0.25, 0.3) is 10.9 Å². The van der Waals surface area contributed by atoms with E-state index in [-0.39, 0.29) is 11.4 Å². The van der Waals surface area contributed by atoms with E-state index in [0.29, 0.717) is 12.2 Å². The van der Waals surface area contributed by atoms with Crippen LogP contribution in [0.1, 0.15) is 29.8 Å². The van der Waals surface area contributed by atoms with Crippen LogP contribution in [0.15, 0.2) is 24.3 Å². The molecule has 1 heterocycles. The maximum Gasteiger partial charge on any atom is 0.272 e. The SMILES string of the molecule is NC1(CNC(=O)c2n[nH]c3ccccc23)CCC1. The molecule has 0 radical (unpaired) electrons. The predicted octanol–water partition coefficient (Wildman–Crippen LogP) is 1.17. The van der Waals surface area contributed by atoms with Gasteiger partial charge in [-0.15, -0.1) is 0 Å². The Bertz CT molecular complexity index is 585. The first-order chi connectivity index (χ1) is 8.68. The molecule has 1 amide bonds. The molecular formula is C13H16N4O. The fourth-order valence-corrected chi connectivity index (χ4v) is 2.28. The molecule has 0 spiro atoms. The molecule has 18 heavy (non-hydrogen) atoms. The number of nitrogens with two attached hydrogens (primary N) is 1. The molecule has 94 valence electrons. The number of fused-ring (bicyclic) bond motifs is 1. The summed E-state index contributed by atoms with van der Waals surface area (Å²) in [5.74, 6) is -0.163. The summed E-state index contributed by atoms with van der Waals surface area (Å²) in [6, 6.07) is 7.58. The van der Waals surface area contributed by atoms with Crippen LogP contribution in [0.4, 0.5) is 0 Å². The number of amides is 1. The highest BCUT2D eigenvalue weighted by molar-refractivity contribution is 6.04. The van der Waals surface area contributed by atoms with Crippen molar-refractivity contribution in [3.63, 3.8) is 0 Å². The second-order valence-corrected chi connectivity index (χ2v) is 5.02. The fourth-order valence-electron chi connectivity index (χ4n) is 2.28. The molecule has 5 nitrogen and oxygen atoms in total. The molecule has 5 heteroatoms. The largest absolute Gasteiger partial charge is 0.349 e. The normalized spacial score (nSPS) is 17.4. The van der Waals surface area contributed by atoms with Crippen molar-refractivity contribution < 1.29 is 4.79 Å². The van der Waals surface area contributed by atoms with Crippen LogP contribution in [0.3, 0.4) is 0 Å². The summed E-state index contributed by atoms with van der Waals surface area (Å²) in [6.07, 6.45) is 3.11. The second-order valence-electron chi connectivity index (χ2n) is 5.02. The summed E-state index contributed by atoms with van der Waals surface area (Å²) in [6.45, 7) is 0.521. The van der Waals surface area contributed by atoms with Gasteiger partial charge in [-0.1, -0.05) is 18.2 Å². The van der Waals surface area contributed by atoms with E-state index in [0.717, 1.165) is 30.2 Å². The van der Waals surface area contributed by atoms with E-state index in [4.69, 9.17) is 5.73 Å². The number of carbonyl (C=O) groups excluding carboxylic acids is 1. The lowest BCUT2D eigenvalue weighted by Crippen LogP contribution is -2.54. The van der Waals surface area contributed by atoms with E-state index in [9.17, 15) is 4.79 Å². The van der Waals surface area contributed by atoms with Crippen LogP contribution in [0, 0.1) is 0 Å². The smallest absolute Gasteiger partial charge is 0.272 e. The van der Waals surface area contributed by atoms with Crippen LogP contribution >= 0.6 is 0 Å². The number of hydrogen-bond acceptors (Lipinski definition) is 3. The number of nitrogens with zero attached hydrogens (tertiary/aromatic N) is 1. The summed E-state index contributed by atoms with van der Waals surface area (Å²) in [4.78, 5) is 12.1. The van der Waals surface area contributed by atoms with Crippen molar-refractivity contribution in [2.24, 2.45) is 5.73 Å². The topological polar surface area (TPSA) is 83.8 Å². The van der Waals surface area contributed by atoms with Crippen LogP contribution < -0.4 is 11.1 Å². The Labute approximate surface area is 105 Å². The van der Waals surface area contributed by atoms with Gasteiger partial charge >= 0.3 is 0 Å². The molecule has 0 atom stereocenters. The first-order valence-electron chi connectivity index (χ1n) is 6.18. The van der Waals surface area contributed by atoms with Gasteiger partial charge in [0.15, 0.2) is 5.69 Å². The molecule has 1 aliphatic carbocycles. The van der Waals surface area contributed by atoms with Gasteiger partial charge in [-0.3, -0.25) is 9.89 Å². The minimum Gasteiger partial charge on any atom is -0.349 e. The zero-order valence-corrected chi connectivity index (χ0v) is 10.1. The van der Waals surface area contributed by atoms with Gasteiger partial charge in [-0.2, -0.15) is 5.10 Å². The van der Waals surface area contributed by atoms with E-state index in [2.05, 4.69) is 15.5 Å². The van der Waals surface area contributed by atoms with Crippen LogP contribution in [-0.2, 0) is 0 Å². The molecule has 0 aliphatic heterocycles. The molecule has 1 aromatic carbocycles. The van der Waals surface area contributed by atoms with Crippen molar-refractivity contribution in [1.29, 1.82) is 0 Å². The van der Waals surface area contributed by atoms with Gasteiger partial charge < -0.3 is 11.1 Å². The van der Waals surface area contributed by atoms with Gasteiger partial charge in [0.25, 0.3) is 5.91 Å². The number of rotatable bonds is 3. The predicted molar refractivity (Wildman–Crippen MR) is 69.2 cm³/mol. The maximum atomic E-state index is 12.1. The van der Waals surface area contributed by atoms with Crippen molar-refractivity contribution >= 4 is 16.8 Å². The van der Waals surface area contributed by atoms with E-state index >= 15 is 0 Å². The lowest BCUT2D eigenvalue weighted by Gasteiger charge is -2.37. The second kappa shape index (κ2) is 4.10. The maximum absolute atomic E-state index is 12.1. The summed E-state index contributed by atoms with van der Waals surface area (Å²) in [7, 11) is 0. The first kappa shape index (κ1) is 11.2. The standard InChI is InChI=1S/C13H16N4O/c14-13(6-3-7-13)8-15-12(18)11-9-4-1-2-5-10(9)16-17-11/h1-2,4-5H,3,6-8,14H2,(H,15,18)(H,16,17). The highest BCUT2D eigenvalue weighted by atomic mass is 16.1. The number of carbonyl (C=O) groups is 1. The molecule has 0 bridgehead atoms. The summed E-state index contributed by atoms with van der Waals surface area (Å²) >= 11 is 0. The molecule has 4 N–H and O–H groups in total. The van der Waals surface area contributed by atoms with Crippen LogP contribution in [-0.4, -0.2) is 28.2 Å². The summed E-state index contributed by atoms with van der Waals surface area (Å²) in [5.41, 5.74) is 7.18. The Kier molecular flexibility index (Phi) is 2.56. The molecule has 1 fully saturated rings. The van der Waals surface area contributed by atoms with Crippen LogP contribution in [0.5, 0.6) is 0 Å². The van der Waals surface area contributed by atoms with Gasteiger partial charge in [0.1, 0.15) is 0 Å². The number of benzene rings is 1. The van der Waals surface area contributed by atoms with Gasteiger partial charge in [0, 0.05) is 17.5 Å². The minimum atomic E-state index is -0.207. The number of nitrogens with one attached hydrogen (secondary N) is 2. The Morgan fingerprint density at radius 3 is 2.94 bits per heavy atom. The Balaban J connectivity index is 1.75. The first-order valence-corrected chi connectivity index (χ1v) is 6.18. The van der Waals surface area contributed by atoms with Crippen molar-refractivity contribution in [2.75, 3.05) is 6.54 Å². The number of hydrogen-bond donors (Lipinski definition) is 3. The molecule has 1 aliphatic rings. The van der Waals surface area contributed by atoms with Gasteiger partial charge in [0.05, 0.1) is 5.52 Å². The minimum absolute atomic E-state index is 0.163. The third kappa shape index (κ3) is 1.86. The molecule has 0 saturated heterocycles. The van der Waals surface area contributed by atoms with Crippen molar-refractivity contribution in [2.45, 2.75) is 24.8 Å². The van der Waals surface area contributed by atoms with Crippen molar-refractivity contribution in [1.82, 2.24) is 15.5 Å². The van der Waals surface area contributed by atoms with E-state index in [1.807, 2.05) is 24.3 Å². The molecule has 1 aromatic heterocycles. The number of aromatic nitrogens is 2. The number of para-hydroxylation sites is 1. The highest BCUT2D eigenvalue weighted by Gasteiger charge is 2.33. The Hall–Kier alpha value is -1.88. The van der Waals surface area contributed by atoms with Crippen molar-refractivity contribution in [3.05, 3.63) is 30.0 Å². The Morgan fingerprint density at radius 2 is 2.22 bits per heavy atom. The third-order valence-electron chi connectivity index (χ3n) is 3.64. The third-order valence-corrected chi connectivity index (χ3v) is 3.64. The van der Waals surface area contributed by atoms with Gasteiger partial charge in [-0.25, -0.2) is 0 Å². The Morgan fingerprint density at radius 1 is 1.44 bits per heavy atom. The summed E-state index contributed by atoms with van der Waals surface area (Å²) < 4.78 is 0. The zero-order chi connectivity index (χ0) is 12.6. The zero-order valence-electron chi connectivity index (χ0n) is 10.1. The molecule has 2 aromatic rings. The number of aromatic amines is 1. The average molecular weight is 244 g/mol. The van der Waals surface area contributed by atoms with E-state index in [1.54, 1.807) is 0 Å². The van der Waals surface area contributed by atoms with Gasteiger partial charge in [0.2, 0.25) is 0 Å². The highest BCUT2D eigenvalue weighted by Crippen LogP contribution is 2.28. The lowest BCUT2D eigenvalue weighted by atomic mass is 9.78. The van der Waals surface area contributed by atoms with E-state index in [1.165, 1.54) is 0 Å². The molecule has 3 rings (SSSR count). The quantitative estimate of drug-likeness (QED) is 0.758. The lowest BCUT2D eigenvalue weighted by molar-refractivity contribution is 0.0926. The van der Waals surface area contributed by atoms with E-state index < -0.39 is 0 Å². The van der Waals surface area contributed by atoms with Gasteiger partial charge in [-0.05, 0) is 25.3 Å². The molecule has 1 saturated carbocycles. The molecular weight excluding hydrogens is 228 g/mol. The molecule has 0 unspecified atom stereocenters. The fraction of sp³-hybridized carbons (Fsp3) is 0.385. The monoisotopic (exact) mass is 244 g/mol. The van der Waals surface area contributed by atoms with Crippen LogP contribution in [0.2, 0.25) is 0 Å².